The Labute approximate surface area is 103 Å². The number of fused-ring (bicyclic) bond motifs is 1. The van der Waals surface area contributed by atoms with Crippen LogP contribution in [0.1, 0.15) is 15.2 Å². The lowest BCUT2D eigenvalue weighted by Gasteiger charge is -2.01. The normalized spacial score (nSPS) is 11.0. The quantitative estimate of drug-likeness (QED) is 0.861. The first kappa shape index (κ1) is 12.5. The lowest BCUT2D eigenvalue weighted by atomic mass is 10.2. The number of nitrogens with zero attached hydrogens (tertiary/aromatic N) is 1. The van der Waals surface area contributed by atoms with Gasteiger partial charge in [0, 0.05) is 0 Å². The van der Waals surface area contributed by atoms with E-state index in [1.807, 2.05) is 0 Å². The number of hydrogen-bond donors (Lipinski definition) is 2. The minimum absolute atomic E-state index is 0.00394. The van der Waals surface area contributed by atoms with Gasteiger partial charge in [-0.1, -0.05) is 0 Å². The average Bonchev–Trinajstić information content (AvgIpc) is 2.62. The molecule has 2 rings (SSSR count). The summed E-state index contributed by atoms with van der Waals surface area (Å²) in [6, 6.07) is 0. The van der Waals surface area contributed by atoms with Crippen LogP contribution in [0.25, 0.3) is 10.2 Å². The standard InChI is InChI=1S/C10H9FN2O4S/c1-4-5-7(18-6(4)9(15)16)12-10(17)13(3-2-11)8(5)14/h2-3H2,1H3,(H,12,17)(H,15,16). The van der Waals surface area contributed by atoms with E-state index in [9.17, 15) is 18.8 Å². The van der Waals surface area contributed by atoms with E-state index in [1.165, 1.54) is 6.92 Å². The number of carboxylic acid groups (broad SMARTS) is 1. The summed E-state index contributed by atoms with van der Waals surface area (Å²) >= 11 is 0.825. The summed E-state index contributed by atoms with van der Waals surface area (Å²) in [5.74, 6) is -1.16. The molecule has 0 aliphatic rings. The van der Waals surface area contributed by atoms with Crippen molar-refractivity contribution in [1.82, 2.24) is 9.55 Å². The Morgan fingerprint density at radius 1 is 1.50 bits per heavy atom. The zero-order valence-corrected chi connectivity index (χ0v) is 10.1. The maximum Gasteiger partial charge on any atom is 0.346 e. The lowest BCUT2D eigenvalue weighted by molar-refractivity contribution is 0.0701. The molecule has 0 spiro atoms. The number of nitrogens with one attached hydrogen (secondary N) is 1. The highest BCUT2D eigenvalue weighted by atomic mass is 32.1. The smallest absolute Gasteiger partial charge is 0.346 e. The maximum atomic E-state index is 12.3. The predicted octanol–water partition coefficient (Wildman–Crippen LogP) is 0.727. The average molecular weight is 272 g/mol. The van der Waals surface area contributed by atoms with Crippen LogP contribution in [-0.2, 0) is 6.54 Å². The van der Waals surface area contributed by atoms with Crippen LogP contribution in [0.4, 0.5) is 4.39 Å². The SMILES string of the molecule is Cc1c(C(=O)O)sc2[nH]c(=O)n(CCF)c(=O)c12. The second kappa shape index (κ2) is 4.37. The molecule has 0 aliphatic carbocycles. The van der Waals surface area contributed by atoms with E-state index in [4.69, 9.17) is 5.11 Å². The molecule has 2 heterocycles. The number of hydrogen-bond acceptors (Lipinski definition) is 4. The van der Waals surface area contributed by atoms with Crippen molar-refractivity contribution in [2.24, 2.45) is 0 Å². The van der Waals surface area contributed by atoms with Crippen molar-refractivity contribution in [1.29, 1.82) is 0 Å². The number of thiophene rings is 1. The van der Waals surface area contributed by atoms with Crippen LogP contribution in [0, 0.1) is 6.92 Å². The van der Waals surface area contributed by atoms with Crippen molar-refractivity contribution in [3.05, 3.63) is 31.3 Å². The van der Waals surface area contributed by atoms with Gasteiger partial charge in [-0.2, -0.15) is 0 Å². The van der Waals surface area contributed by atoms with Crippen LogP contribution in [0.5, 0.6) is 0 Å². The van der Waals surface area contributed by atoms with Crippen LogP contribution in [-0.4, -0.2) is 27.3 Å². The van der Waals surface area contributed by atoms with Crippen LogP contribution in [0.15, 0.2) is 9.59 Å². The Kier molecular flexibility index (Phi) is 3.04. The minimum Gasteiger partial charge on any atom is -0.477 e. The van der Waals surface area contributed by atoms with Crippen LogP contribution in [0.2, 0.25) is 0 Å². The summed E-state index contributed by atoms with van der Waals surface area (Å²) in [5.41, 5.74) is -1.10. The van der Waals surface area contributed by atoms with E-state index in [0.29, 0.717) is 0 Å². The molecule has 0 aromatic carbocycles. The largest absolute Gasteiger partial charge is 0.477 e. The van der Waals surface area contributed by atoms with Gasteiger partial charge >= 0.3 is 11.7 Å². The summed E-state index contributed by atoms with van der Waals surface area (Å²) in [6.07, 6.45) is 0. The fraction of sp³-hybridized carbons (Fsp3) is 0.300. The van der Waals surface area contributed by atoms with E-state index in [2.05, 4.69) is 4.98 Å². The van der Waals surface area contributed by atoms with Gasteiger partial charge in [0.1, 0.15) is 16.4 Å². The van der Waals surface area contributed by atoms with E-state index < -0.39 is 23.9 Å². The van der Waals surface area contributed by atoms with Crippen molar-refractivity contribution in [2.75, 3.05) is 6.67 Å². The Balaban J connectivity index is 2.89. The molecule has 0 saturated carbocycles. The van der Waals surface area contributed by atoms with Gasteiger partial charge in [-0.05, 0) is 12.5 Å². The van der Waals surface area contributed by atoms with Gasteiger partial charge in [0.2, 0.25) is 0 Å². The Bertz CT molecular complexity index is 743. The number of alkyl halides is 1. The zero-order chi connectivity index (χ0) is 13.4. The predicted molar refractivity (Wildman–Crippen MR) is 64.4 cm³/mol. The van der Waals surface area contributed by atoms with E-state index in [-0.39, 0.29) is 27.2 Å². The molecule has 0 saturated heterocycles. The monoisotopic (exact) mass is 272 g/mol. The Hall–Kier alpha value is -1.96. The van der Waals surface area contributed by atoms with E-state index >= 15 is 0 Å². The third kappa shape index (κ3) is 1.74. The molecule has 2 N–H and O–H groups in total. The molecule has 2 aromatic heterocycles. The third-order valence-corrected chi connectivity index (χ3v) is 3.77. The first-order valence-electron chi connectivity index (χ1n) is 5.02. The molecule has 8 heteroatoms. The lowest BCUT2D eigenvalue weighted by Crippen LogP contribution is -2.35. The summed E-state index contributed by atoms with van der Waals surface area (Å²) < 4.78 is 13.0. The molecule has 0 unspecified atom stereocenters. The highest BCUT2D eigenvalue weighted by Gasteiger charge is 2.19. The highest BCUT2D eigenvalue weighted by molar-refractivity contribution is 7.20. The first-order chi connectivity index (χ1) is 8.47. The Morgan fingerprint density at radius 3 is 2.72 bits per heavy atom. The molecule has 2 aromatic rings. The zero-order valence-electron chi connectivity index (χ0n) is 9.32. The summed E-state index contributed by atoms with van der Waals surface area (Å²) in [4.78, 5) is 37.1. The van der Waals surface area contributed by atoms with Crippen molar-refractivity contribution >= 4 is 27.5 Å². The molecule has 0 aliphatic heterocycles. The summed E-state index contributed by atoms with van der Waals surface area (Å²) in [5, 5.41) is 9.08. The maximum absolute atomic E-state index is 12.3. The number of halogens is 1. The molecule has 0 amide bonds. The fourth-order valence-corrected chi connectivity index (χ4v) is 2.77. The van der Waals surface area contributed by atoms with Crippen LogP contribution >= 0.6 is 11.3 Å². The molecule has 0 radical (unpaired) electrons. The van der Waals surface area contributed by atoms with Crippen LogP contribution < -0.4 is 11.2 Å². The number of rotatable bonds is 3. The summed E-state index contributed by atoms with van der Waals surface area (Å²) in [6.45, 7) is 0.299. The van der Waals surface area contributed by atoms with Crippen molar-refractivity contribution in [3.63, 3.8) is 0 Å². The van der Waals surface area contributed by atoms with Crippen molar-refractivity contribution < 1.29 is 14.3 Å². The van der Waals surface area contributed by atoms with E-state index in [0.717, 1.165) is 15.9 Å². The molecule has 18 heavy (non-hydrogen) atoms. The van der Waals surface area contributed by atoms with Gasteiger partial charge in [-0.25, -0.2) is 14.0 Å². The highest BCUT2D eigenvalue weighted by Crippen LogP contribution is 2.25. The van der Waals surface area contributed by atoms with Gasteiger partial charge in [0.15, 0.2) is 0 Å². The molecular formula is C10H9FN2O4S. The minimum atomic E-state index is -1.16. The molecule has 0 atom stereocenters. The fourth-order valence-electron chi connectivity index (χ4n) is 1.74. The van der Waals surface area contributed by atoms with Crippen molar-refractivity contribution in [2.45, 2.75) is 13.5 Å². The number of H-pyrrole nitrogens is 1. The Morgan fingerprint density at radius 2 is 2.17 bits per heavy atom. The van der Waals surface area contributed by atoms with Gasteiger partial charge in [-0.3, -0.25) is 14.3 Å². The van der Waals surface area contributed by atoms with Gasteiger partial charge in [-0.15, -0.1) is 11.3 Å². The number of carbonyl (C=O) groups is 1. The molecule has 6 nitrogen and oxygen atoms in total. The van der Waals surface area contributed by atoms with Crippen LogP contribution in [0.3, 0.4) is 0 Å². The second-order valence-corrected chi connectivity index (χ2v) is 4.66. The molecule has 0 bridgehead atoms. The van der Waals surface area contributed by atoms with Gasteiger partial charge in [0.25, 0.3) is 5.56 Å². The second-order valence-electron chi connectivity index (χ2n) is 3.64. The number of aromatic nitrogens is 2. The van der Waals surface area contributed by atoms with Crippen molar-refractivity contribution in [3.8, 4) is 0 Å². The molecular weight excluding hydrogens is 263 g/mol. The summed E-state index contributed by atoms with van der Waals surface area (Å²) in [7, 11) is 0. The first-order valence-corrected chi connectivity index (χ1v) is 5.84. The molecule has 0 fully saturated rings. The number of aryl methyl sites for hydroxylation is 1. The van der Waals surface area contributed by atoms with E-state index in [1.54, 1.807) is 0 Å². The number of aromatic carboxylic acids is 1. The number of aromatic amines is 1. The topological polar surface area (TPSA) is 92.2 Å². The van der Waals surface area contributed by atoms with Gasteiger partial charge in [0.05, 0.1) is 11.9 Å². The molecule has 96 valence electrons. The third-order valence-electron chi connectivity index (χ3n) is 2.57. The van der Waals surface area contributed by atoms with Gasteiger partial charge < -0.3 is 5.11 Å². The number of carboxylic acids is 1.